The van der Waals surface area contributed by atoms with E-state index < -0.39 is 0 Å². The molecule has 0 N–H and O–H groups in total. The Hall–Kier alpha value is -1.80. The number of ketones is 1. The number of carbonyl (C=O) groups excluding carboxylic acids is 1. The van der Waals surface area contributed by atoms with E-state index in [0.717, 1.165) is 33.5 Å². The van der Waals surface area contributed by atoms with Crippen LogP contribution in [-0.4, -0.2) is 10.6 Å². The first kappa shape index (κ1) is 13.2. The molecule has 2 aromatic rings. The highest BCUT2D eigenvalue weighted by molar-refractivity contribution is 7.81. The van der Waals surface area contributed by atoms with Crippen LogP contribution in [0.15, 0.2) is 42.5 Å². The standard InChI is InChI=1S/C18H16OS/c1-3-11(2)12-8-9-14-16(10-12)18(20)15-7-5-4-6-13(15)17(14)19/h4-11H,3H2,1-2H3. The largest absolute Gasteiger partial charge is 0.289 e. The van der Waals surface area contributed by atoms with E-state index in [0.29, 0.717) is 5.92 Å². The van der Waals surface area contributed by atoms with E-state index in [1.807, 2.05) is 30.3 Å². The normalized spacial score (nSPS) is 14.7. The van der Waals surface area contributed by atoms with E-state index >= 15 is 0 Å². The Kier molecular flexibility index (Phi) is 3.27. The first-order chi connectivity index (χ1) is 9.63. The highest BCUT2D eigenvalue weighted by Crippen LogP contribution is 2.30. The van der Waals surface area contributed by atoms with Crippen molar-refractivity contribution >= 4 is 22.9 Å². The third-order valence-corrected chi connectivity index (χ3v) is 4.57. The van der Waals surface area contributed by atoms with E-state index in [1.54, 1.807) is 0 Å². The van der Waals surface area contributed by atoms with Crippen LogP contribution < -0.4 is 0 Å². The van der Waals surface area contributed by atoms with Crippen molar-refractivity contribution in [3.05, 3.63) is 70.3 Å². The van der Waals surface area contributed by atoms with E-state index in [4.69, 9.17) is 12.2 Å². The maximum atomic E-state index is 12.5. The van der Waals surface area contributed by atoms with Gasteiger partial charge in [0.25, 0.3) is 0 Å². The van der Waals surface area contributed by atoms with Gasteiger partial charge >= 0.3 is 0 Å². The molecule has 0 radical (unpaired) electrons. The Labute approximate surface area is 124 Å². The van der Waals surface area contributed by atoms with Crippen LogP contribution in [0, 0.1) is 0 Å². The van der Waals surface area contributed by atoms with Crippen molar-refractivity contribution in [1.29, 1.82) is 0 Å². The zero-order valence-electron chi connectivity index (χ0n) is 11.6. The molecule has 100 valence electrons. The molecule has 2 heteroatoms. The van der Waals surface area contributed by atoms with Crippen molar-refractivity contribution < 1.29 is 4.79 Å². The zero-order valence-corrected chi connectivity index (χ0v) is 12.5. The molecule has 0 aliphatic heterocycles. The molecule has 20 heavy (non-hydrogen) atoms. The quantitative estimate of drug-likeness (QED) is 0.642. The Morgan fingerprint density at radius 1 is 1.00 bits per heavy atom. The predicted octanol–water partition coefficient (Wildman–Crippen LogP) is 4.51. The van der Waals surface area contributed by atoms with Gasteiger partial charge < -0.3 is 0 Å². The van der Waals surface area contributed by atoms with Crippen LogP contribution in [0.1, 0.15) is 58.8 Å². The Bertz CT molecular complexity index is 715. The molecular weight excluding hydrogens is 264 g/mol. The smallest absolute Gasteiger partial charge is 0.194 e. The Balaban J connectivity index is 2.18. The van der Waals surface area contributed by atoms with Gasteiger partial charge in [-0.15, -0.1) is 0 Å². The summed E-state index contributed by atoms with van der Waals surface area (Å²) in [6.07, 6.45) is 1.08. The second-order valence-corrected chi connectivity index (χ2v) is 5.73. The van der Waals surface area contributed by atoms with Crippen molar-refractivity contribution in [2.45, 2.75) is 26.2 Å². The molecule has 1 aliphatic carbocycles. The molecule has 0 spiro atoms. The van der Waals surface area contributed by atoms with Gasteiger partial charge in [-0.2, -0.15) is 0 Å². The molecule has 0 amide bonds. The minimum Gasteiger partial charge on any atom is -0.289 e. The molecule has 3 rings (SSSR count). The van der Waals surface area contributed by atoms with Crippen LogP contribution in [0.25, 0.3) is 0 Å². The maximum absolute atomic E-state index is 12.5. The number of rotatable bonds is 2. The van der Waals surface area contributed by atoms with E-state index in [2.05, 4.69) is 26.0 Å². The van der Waals surface area contributed by atoms with Gasteiger partial charge in [0.05, 0.1) is 4.86 Å². The van der Waals surface area contributed by atoms with Crippen molar-refractivity contribution in [2.24, 2.45) is 0 Å². The van der Waals surface area contributed by atoms with Gasteiger partial charge in [-0.1, -0.05) is 62.5 Å². The Morgan fingerprint density at radius 3 is 2.35 bits per heavy atom. The average Bonchev–Trinajstić information content (AvgIpc) is 2.51. The fourth-order valence-corrected chi connectivity index (χ4v) is 3.01. The topological polar surface area (TPSA) is 17.1 Å². The summed E-state index contributed by atoms with van der Waals surface area (Å²) >= 11 is 5.60. The molecule has 0 aromatic heterocycles. The van der Waals surface area contributed by atoms with Gasteiger partial charge in [0.15, 0.2) is 5.78 Å². The fraction of sp³-hybridized carbons (Fsp3) is 0.222. The van der Waals surface area contributed by atoms with Crippen molar-refractivity contribution in [1.82, 2.24) is 0 Å². The molecule has 2 aromatic carbocycles. The summed E-state index contributed by atoms with van der Waals surface area (Å²) in [7, 11) is 0. The summed E-state index contributed by atoms with van der Waals surface area (Å²) < 4.78 is 0. The Morgan fingerprint density at radius 2 is 1.65 bits per heavy atom. The summed E-state index contributed by atoms with van der Waals surface area (Å²) in [5, 5.41) is 0. The number of carbonyl (C=O) groups is 1. The summed E-state index contributed by atoms with van der Waals surface area (Å²) in [4.78, 5) is 13.3. The molecule has 1 aliphatic rings. The summed E-state index contributed by atoms with van der Waals surface area (Å²) in [6, 6.07) is 13.7. The lowest BCUT2D eigenvalue weighted by molar-refractivity contribution is 0.103. The predicted molar refractivity (Wildman–Crippen MR) is 85.8 cm³/mol. The molecule has 0 saturated carbocycles. The van der Waals surface area contributed by atoms with Gasteiger partial charge in [0.2, 0.25) is 0 Å². The lowest BCUT2D eigenvalue weighted by atomic mass is 9.82. The highest BCUT2D eigenvalue weighted by Gasteiger charge is 2.27. The minimum atomic E-state index is 0.0832. The van der Waals surface area contributed by atoms with Gasteiger partial charge in [-0.05, 0) is 24.0 Å². The second kappa shape index (κ2) is 4.95. The summed E-state index contributed by atoms with van der Waals surface area (Å²) in [5.41, 5.74) is 4.52. The van der Waals surface area contributed by atoms with Crippen molar-refractivity contribution in [3.8, 4) is 0 Å². The summed E-state index contributed by atoms with van der Waals surface area (Å²) in [6.45, 7) is 4.37. The molecular formula is C18H16OS. The molecule has 0 bridgehead atoms. The molecule has 0 saturated heterocycles. The lowest BCUT2D eigenvalue weighted by Gasteiger charge is -2.21. The molecule has 1 atom stereocenters. The molecule has 1 nitrogen and oxygen atoms in total. The molecule has 0 heterocycles. The second-order valence-electron chi connectivity index (χ2n) is 5.32. The van der Waals surface area contributed by atoms with Gasteiger partial charge in [0.1, 0.15) is 0 Å². The maximum Gasteiger partial charge on any atom is 0.194 e. The average molecular weight is 280 g/mol. The highest BCUT2D eigenvalue weighted by atomic mass is 32.1. The van der Waals surface area contributed by atoms with E-state index in [-0.39, 0.29) is 5.78 Å². The number of fused-ring (bicyclic) bond motifs is 2. The third kappa shape index (κ3) is 1.92. The minimum absolute atomic E-state index is 0.0832. The fourth-order valence-electron chi connectivity index (χ4n) is 2.66. The SMILES string of the molecule is CCC(C)c1ccc2c(c1)C(=S)c1ccccc1C2=O. The van der Waals surface area contributed by atoms with Crippen molar-refractivity contribution in [3.63, 3.8) is 0 Å². The van der Waals surface area contributed by atoms with Crippen LogP contribution in [0.4, 0.5) is 0 Å². The number of hydrogen-bond acceptors (Lipinski definition) is 2. The van der Waals surface area contributed by atoms with Gasteiger partial charge in [-0.3, -0.25) is 4.79 Å². The number of thiocarbonyl (C=S) groups is 1. The lowest BCUT2D eigenvalue weighted by Crippen LogP contribution is -2.20. The van der Waals surface area contributed by atoms with Crippen LogP contribution in [0.5, 0.6) is 0 Å². The van der Waals surface area contributed by atoms with E-state index in [1.165, 1.54) is 5.56 Å². The molecule has 1 unspecified atom stereocenters. The summed E-state index contributed by atoms with van der Waals surface area (Å²) in [5.74, 6) is 0.565. The van der Waals surface area contributed by atoms with Gasteiger partial charge in [-0.25, -0.2) is 0 Å². The van der Waals surface area contributed by atoms with Gasteiger partial charge in [0, 0.05) is 22.3 Å². The monoisotopic (exact) mass is 280 g/mol. The third-order valence-electron chi connectivity index (χ3n) is 4.13. The van der Waals surface area contributed by atoms with E-state index in [9.17, 15) is 4.79 Å². The first-order valence-electron chi connectivity index (χ1n) is 6.96. The number of benzene rings is 2. The molecule has 0 fully saturated rings. The van der Waals surface area contributed by atoms with Crippen molar-refractivity contribution in [2.75, 3.05) is 0 Å². The van der Waals surface area contributed by atoms with Crippen LogP contribution in [0.3, 0.4) is 0 Å². The first-order valence-corrected chi connectivity index (χ1v) is 7.36. The zero-order chi connectivity index (χ0) is 14.3. The number of hydrogen-bond donors (Lipinski definition) is 0. The van der Waals surface area contributed by atoms with Crippen LogP contribution in [-0.2, 0) is 0 Å². The van der Waals surface area contributed by atoms with Crippen LogP contribution >= 0.6 is 12.2 Å². The van der Waals surface area contributed by atoms with Crippen LogP contribution in [0.2, 0.25) is 0 Å².